The SMILES string of the molecule is CCCCc1nc(O)c(S(=O)(=O)c2ccc(-c3ccccc3C(N)=O)cn2)c(=O)n1C(CC)c1cccc(C#N)c1. The van der Waals surface area contributed by atoms with Crippen LogP contribution in [0.3, 0.4) is 0 Å². The van der Waals surface area contributed by atoms with Crippen LogP contribution >= 0.6 is 0 Å². The number of hydrogen-bond acceptors (Lipinski definition) is 8. The molecule has 2 aromatic carbocycles. The number of aryl methyl sites for hydroxylation is 1. The molecule has 4 aromatic rings. The molecule has 1 unspecified atom stereocenters. The molecule has 0 radical (unpaired) electrons. The van der Waals surface area contributed by atoms with Crippen molar-refractivity contribution in [2.24, 2.45) is 5.73 Å². The number of hydrogen-bond donors (Lipinski definition) is 2. The zero-order chi connectivity index (χ0) is 29.7. The second-order valence-electron chi connectivity index (χ2n) is 9.42. The molecule has 0 bridgehead atoms. The van der Waals surface area contributed by atoms with Crippen LogP contribution in [0.25, 0.3) is 11.1 Å². The first-order chi connectivity index (χ1) is 19.6. The predicted molar refractivity (Wildman–Crippen MR) is 152 cm³/mol. The Morgan fingerprint density at radius 1 is 1.12 bits per heavy atom. The fraction of sp³-hybridized carbons (Fsp3) is 0.233. The van der Waals surface area contributed by atoms with E-state index in [-0.39, 0.29) is 11.4 Å². The van der Waals surface area contributed by atoms with Crippen LogP contribution in [0, 0.1) is 11.3 Å². The number of rotatable bonds is 10. The second kappa shape index (κ2) is 12.1. The van der Waals surface area contributed by atoms with Gasteiger partial charge >= 0.3 is 0 Å². The number of carbonyl (C=O) groups excluding carboxylic acids is 1. The van der Waals surface area contributed by atoms with Crippen LogP contribution in [-0.4, -0.2) is 34.0 Å². The van der Waals surface area contributed by atoms with E-state index in [1.807, 2.05) is 13.8 Å². The van der Waals surface area contributed by atoms with E-state index in [1.165, 1.54) is 22.9 Å². The molecule has 0 aliphatic heterocycles. The lowest BCUT2D eigenvalue weighted by Crippen LogP contribution is -2.33. The Kier molecular flexibility index (Phi) is 8.64. The normalized spacial score (nSPS) is 12.0. The molecule has 0 saturated carbocycles. The second-order valence-corrected chi connectivity index (χ2v) is 11.3. The third kappa shape index (κ3) is 5.73. The summed E-state index contributed by atoms with van der Waals surface area (Å²) in [6, 6.07) is 17.4. The van der Waals surface area contributed by atoms with Gasteiger partial charge in [0.15, 0.2) is 5.03 Å². The van der Waals surface area contributed by atoms with Gasteiger partial charge in [0.25, 0.3) is 5.56 Å². The van der Waals surface area contributed by atoms with E-state index in [0.29, 0.717) is 41.5 Å². The standard InChI is InChI=1S/C30H29N5O5S/c1-3-5-13-25-34-29(37)27(30(38)35(25)24(4-2)20-10-8-9-19(16-20)17-31)41(39,40)26-15-14-21(18-33-26)22-11-6-7-12-23(22)28(32)36/h6-12,14-16,18,24,37H,3-5,13H2,1-2H3,(H2,32,36). The van der Waals surface area contributed by atoms with Crippen molar-refractivity contribution in [1.29, 1.82) is 5.26 Å². The van der Waals surface area contributed by atoms with Crippen LogP contribution < -0.4 is 11.3 Å². The van der Waals surface area contributed by atoms with Gasteiger partial charge < -0.3 is 10.8 Å². The first-order valence-corrected chi connectivity index (χ1v) is 14.6. The van der Waals surface area contributed by atoms with Crippen molar-refractivity contribution in [2.75, 3.05) is 0 Å². The summed E-state index contributed by atoms with van der Waals surface area (Å²) in [4.78, 5) is 33.2. The molecule has 2 aromatic heterocycles. The molecule has 0 fully saturated rings. The van der Waals surface area contributed by atoms with Gasteiger partial charge in [0, 0.05) is 23.7 Å². The van der Waals surface area contributed by atoms with Crippen LogP contribution in [0.1, 0.15) is 66.5 Å². The third-order valence-corrected chi connectivity index (χ3v) is 8.45. The molecule has 2 heterocycles. The number of amides is 1. The van der Waals surface area contributed by atoms with E-state index in [4.69, 9.17) is 5.73 Å². The molecule has 1 amide bonds. The quantitative estimate of drug-likeness (QED) is 0.286. The highest BCUT2D eigenvalue weighted by Crippen LogP contribution is 2.30. The Hall–Kier alpha value is -4.82. The van der Waals surface area contributed by atoms with Gasteiger partial charge in [-0.25, -0.2) is 13.4 Å². The number of aromatic hydroxyl groups is 1. The Morgan fingerprint density at radius 2 is 1.88 bits per heavy atom. The summed E-state index contributed by atoms with van der Waals surface area (Å²) in [5, 5.41) is 19.7. The minimum absolute atomic E-state index is 0.239. The Labute approximate surface area is 237 Å². The topological polar surface area (TPSA) is 169 Å². The summed E-state index contributed by atoms with van der Waals surface area (Å²) >= 11 is 0. The fourth-order valence-electron chi connectivity index (χ4n) is 4.75. The summed E-state index contributed by atoms with van der Waals surface area (Å²) in [5.41, 5.74) is 6.72. The van der Waals surface area contributed by atoms with Gasteiger partial charge in [-0.15, -0.1) is 0 Å². The van der Waals surface area contributed by atoms with Crippen LogP contribution in [0.2, 0.25) is 0 Å². The average molecular weight is 572 g/mol. The van der Waals surface area contributed by atoms with Gasteiger partial charge in [0.05, 0.1) is 17.7 Å². The van der Waals surface area contributed by atoms with Crippen LogP contribution in [0.4, 0.5) is 0 Å². The molecule has 1 atom stereocenters. The lowest BCUT2D eigenvalue weighted by atomic mass is 10.0. The molecule has 0 aliphatic carbocycles. The lowest BCUT2D eigenvalue weighted by Gasteiger charge is -2.23. The summed E-state index contributed by atoms with van der Waals surface area (Å²) < 4.78 is 28.8. The zero-order valence-electron chi connectivity index (χ0n) is 22.6. The van der Waals surface area contributed by atoms with Crippen LogP contribution in [0.15, 0.2) is 81.6 Å². The van der Waals surface area contributed by atoms with E-state index in [1.54, 1.807) is 48.5 Å². The number of nitriles is 1. The summed E-state index contributed by atoms with van der Waals surface area (Å²) in [7, 11) is -4.62. The largest absolute Gasteiger partial charge is 0.492 e. The highest BCUT2D eigenvalue weighted by molar-refractivity contribution is 7.91. The number of primary amides is 1. The Balaban J connectivity index is 1.87. The molecule has 3 N–H and O–H groups in total. The van der Waals surface area contributed by atoms with Gasteiger partial charge in [-0.05, 0) is 54.3 Å². The molecule has 4 rings (SSSR count). The number of aromatic nitrogens is 3. The molecule has 11 heteroatoms. The van der Waals surface area contributed by atoms with Crippen molar-refractivity contribution in [1.82, 2.24) is 14.5 Å². The number of unbranched alkanes of at least 4 members (excludes halogenated alkanes) is 1. The maximum absolute atomic E-state index is 14.0. The summed E-state index contributed by atoms with van der Waals surface area (Å²) in [6.07, 6.45) is 3.43. The van der Waals surface area contributed by atoms with Crippen molar-refractivity contribution in [3.05, 3.63) is 99.7 Å². The smallest absolute Gasteiger partial charge is 0.277 e. The van der Waals surface area contributed by atoms with Gasteiger partial charge in [-0.2, -0.15) is 10.2 Å². The number of nitrogens with two attached hydrogens (primary N) is 1. The first kappa shape index (κ1) is 29.2. The molecule has 0 aliphatic rings. The van der Waals surface area contributed by atoms with Gasteiger partial charge in [-0.1, -0.05) is 50.6 Å². The molecule has 0 saturated heterocycles. The van der Waals surface area contributed by atoms with Crippen molar-refractivity contribution in [3.63, 3.8) is 0 Å². The molecular formula is C30H29N5O5S. The van der Waals surface area contributed by atoms with E-state index >= 15 is 0 Å². The average Bonchev–Trinajstić information content (AvgIpc) is 2.97. The monoisotopic (exact) mass is 571 g/mol. The fourth-order valence-corrected chi connectivity index (χ4v) is 6.01. The van der Waals surface area contributed by atoms with Crippen molar-refractivity contribution in [3.8, 4) is 23.1 Å². The van der Waals surface area contributed by atoms with Crippen molar-refractivity contribution >= 4 is 15.7 Å². The van der Waals surface area contributed by atoms with Crippen molar-refractivity contribution < 1.29 is 18.3 Å². The predicted octanol–water partition coefficient (Wildman–Crippen LogP) is 4.16. The highest BCUT2D eigenvalue weighted by Gasteiger charge is 2.32. The number of benzene rings is 2. The molecule has 41 heavy (non-hydrogen) atoms. The molecule has 210 valence electrons. The number of nitrogens with zero attached hydrogens (tertiary/aromatic N) is 4. The van der Waals surface area contributed by atoms with Gasteiger partial charge in [0.2, 0.25) is 26.5 Å². The van der Waals surface area contributed by atoms with E-state index in [2.05, 4.69) is 16.0 Å². The molecule has 0 spiro atoms. The lowest BCUT2D eigenvalue weighted by molar-refractivity contribution is 0.100. The zero-order valence-corrected chi connectivity index (χ0v) is 23.4. The maximum atomic E-state index is 14.0. The van der Waals surface area contributed by atoms with Crippen molar-refractivity contribution in [2.45, 2.75) is 55.5 Å². The van der Waals surface area contributed by atoms with E-state index in [0.717, 1.165) is 6.42 Å². The molecule has 10 nitrogen and oxygen atoms in total. The number of pyridine rings is 1. The maximum Gasteiger partial charge on any atom is 0.277 e. The van der Waals surface area contributed by atoms with E-state index in [9.17, 15) is 28.4 Å². The minimum atomic E-state index is -4.62. The number of sulfone groups is 1. The third-order valence-electron chi connectivity index (χ3n) is 6.77. The summed E-state index contributed by atoms with van der Waals surface area (Å²) in [5.74, 6) is -1.31. The number of carbonyl (C=O) groups is 1. The highest BCUT2D eigenvalue weighted by atomic mass is 32.2. The Morgan fingerprint density at radius 3 is 2.51 bits per heavy atom. The van der Waals surface area contributed by atoms with Gasteiger partial charge in [-0.3, -0.25) is 14.2 Å². The Bertz CT molecular complexity index is 1810. The first-order valence-electron chi connectivity index (χ1n) is 13.1. The van der Waals surface area contributed by atoms with Crippen LogP contribution in [-0.2, 0) is 16.3 Å². The van der Waals surface area contributed by atoms with Gasteiger partial charge in [0.1, 0.15) is 5.82 Å². The van der Waals surface area contributed by atoms with Crippen LogP contribution in [0.5, 0.6) is 5.88 Å². The molecular weight excluding hydrogens is 542 g/mol. The summed E-state index contributed by atoms with van der Waals surface area (Å²) in [6.45, 7) is 3.80. The van der Waals surface area contributed by atoms with E-state index < -0.39 is 43.1 Å². The minimum Gasteiger partial charge on any atom is -0.492 e.